The van der Waals surface area contributed by atoms with E-state index in [4.69, 9.17) is 11.6 Å². The van der Waals surface area contributed by atoms with E-state index in [0.717, 1.165) is 6.42 Å². The van der Waals surface area contributed by atoms with Gasteiger partial charge in [0, 0.05) is 23.6 Å². The molecule has 1 N–H and O–H groups in total. The highest BCUT2D eigenvalue weighted by Gasteiger charge is 2.27. The van der Waals surface area contributed by atoms with Gasteiger partial charge in [0.25, 0.3) is 5.56 Å². The van der Waals surface area contributed by atoms with Crippen LogP contribution in [0.5, 0.6) is 0 Å². The van der Waals surface area contributed by atoms with Crippen molar-refractivity contribution < 1.29 is 9.59 Å². The zero-order valence-electron chi connectivity index (χ0n) is 21.1. The SMILES string of the molecule is CCN(CC(=O)c1c(-c2ccccc2)[nH]n(-c2cccc(Cl)c2)c1=O)C(=O)CC(C)CC(C)(C)C. The molecule has 7 heteroatoms. The number of halogens is 1. The molecule has 0 saturated carbocycles. The predicted octanol–water partition coefficient (Wildman–Crippen LogP) is 5.98. The average molecular weight is 496 g/mol. The van der Waals surface area contributed by atoms with Gasteiger partial charge in [-0.15, -0.1) is 0 Å². The minimum atomic E-state index is -0.472. The van der Waals surface area contributed by atoms with Crippen molar-refractivity contribution >= 4 is 23.3 Å². The van der Waals surface area contributed by atoms with Gasteiger partial charge in [-0.2, -0.15) is 0 Å². The molecule has 1 unspecified atom stereocenters. The number of ketones is 1. The summed E-state index contributed by atoms with van der Waals surface area (Å²) < 4.78 is 1.32. The fourth-order valence-electron chi connectivity index (χ4n) is 4.48. The zero-order chi connectivity index (χ0) is 25.8. The summed E-state index contributed by atoms with van der Waals surface area (Å²) in [6, 6.07) is 16.1. The molecule has 3 rings (SSSR count). The minimum absolute atomic E-state index is 0.0326. The van der Waals surface area contributed by atoms with E-state index in [1.54, 1.807) is 24.3 Å². The second-order valence-electron chi connectivity index (χ2n) is 10.3. The van der Waals surface area contributed by atoms with Gasteiger partial charge >= 0.3 is 0 Å². The molecule has 3 aromatic rings. The van der Waals surface area contributed by atoms with Crippen LogP contribution in [0.3, 0.4) is 0 Å². The maximum absolute atomic E-state index is 13.5. The van der Waals surface area contributed by atoms with Crippen molar-refractivity contribution in [2.45, 2.75) is 47.5 Å². The predicted molar refractivity (Wildman–Crippen MR) is 141 cm³/mol. The van der Waals surface area contributed by atoms with Crippen molar-refractivity contribution in [2.24, 2.45) is 11.3 Å². The van der Waals surface area contributed by atoms with E-state index in [9.17, 15) is 14.4 Å². The van der Waals surface area contributed by atoms with Gasteiger partial charge in [-0.05, 0) is 42.9 Å². The first-order valence-corrected chi connectivity index (χ1v) is 12.3. The second-order valence-corrected chi connectivity index (χ2v) is 10.7. The molecule has 1 amide bonds. The number of carbonyl (C=O) groups excluding carboxylic acids is 2. The number of aromatic nitrogens is 2. The highest BCUT2D eigenvalue weighted by molar-refractivity contribution is 6.30. The van der Waals surface area contributed by atoms with Crippen LogP contribution in [0.4, 0.5) is 0 Å². The number of carbonyl (C=O) groups is 2. The summed E-state index contributed by atoms with van der Waals surface area (Å²) in [5.41, 5.74) is 1.34. The van der Waals surface area contributed by atoms with Crippen molar-refractivity contribution in [3.63, 3.8) is 0 Å². The highest BCUT2D eigenvalue weighted by Crippen LogP contribution is 2.27. The number of amides is 1. The highest BCUT2D eigenvalue weighted by atomic mass is 35.5. The van der Waals surface area contributed by atoms with Crippen LogP contribution in [0.15, 0.2) is 59.4 Å². The third-order valence-electron chi connectivity index (χ3n) is 5.85. The average Bonchev–Trinajstić information content (AvgIpc) is 3.13. The molecule has 2 aromatic carbocycles. The molecule has 0 radical (unpaired) electrons. The topological polar surface area (TPSA) is 75.2 Å². The van der Waals surface area contributed by atoms with Crippen LogP contribution in [-0.4, -0.2) is 39.5 Å². The molecule has 35 heavy (non-hydrogen) atoms. The van der Waals surface area contributed by atoms with Crippen LogP contribution in [0.2, 0.25) is 5.02 Å². The van der Waals surface area contributed by atoms with Crippen molar-refractivity contribution in [3.8, 4) is 16.9 Å². The zero-order valence-corrected chi connectivity index (χ0v) is 21.9. The Morgan fingerprint density at radius 2 is 1.77 bits per heavy atom. The largest absolute Gasteiger partial charge is 0.335 e. The summed E-state index contributed by atoms with van der Waals surface area (Å²) in [6.45, 7) is 10.6. The molecule has 0 aliphatic heterocycles. The number of Topliss-reactive ketones (excluding diaryl/α,β-unsaturated/α-hetero) is 1. The lowest BCUT2D eigenvalue weighted by molar-refractivity contribution is -0.131. The summed E-state index contributed by atoms with van der Waals surface area (Å²) in [5.74, 6) is -0.284. The van der Waals surface area contributed by atoms with Crippen LogP contribution in [-0.2, 0) is 4.79 Å². The van der Waals surface area contributed by atoms with Crippen LogP contribution in [0, 0.1) is 11.3 Å². The van der Waals surface area contributed by atoms with Crippen molar-refractivity contribution in [2.75, 3.05) is 13.1 Å². The van der Waals surface area contributed by atoms with Gasteiger partial charge < -0.3 is 4.90 Å². The number of nitrogens with zero attached hydrogens (tertiary/aromatic N) is 2. The number of rotatable bonds is 9. The smallest absolute Gasteiger partial charge is 0.282 e. The van der Waals surface area contributed by atoms with E-state index in [1.807, 2.05) is 37.3 Å². The molecule has 0 bridgehead atoms. The van der Waals surface area contributed by atoms with E-state index < -0.39 is 11.3 Å². The van der Waals surface area contributed by atoms with Crippen LogP contribution >= 0.6 is 11.6 Å². The Labute approximate surface area is 211 Å². The fraction of sp³-hybridized carbons (Fsp3) is 0.393. The number of hydrogen-bond acceptors (Lipinski definition) is 3. The van der Waals surface area contributed by atoms with Gasteiger partial charge in [-0.25, -0.2) is 4.68 Å². The first-order chi connectivity index (χ1) is 16.5. The Kier molecular flexibility index (Phi) is 8.39. The first kappa shape index (κ1) is 26.5. The first-order valence-electron chi connectivity index (χ1n) is 12.0. The summed E-state index contributed by atoms with van der Waals surface area (Å²) in [6.07, 6.45) is 1.27. The lowest BCUT2D eigenvalue weighted by atomic mass is 9.84. The molecular weight excluding hydrogens is 462 g/mol. The normalized spacial score (nSPS) is 12.4. The minimum Gasteiger partial charge on any atom is -0.335 e. The molecule has 1 heterocycles. The van der Waals surface area contributed by atoms with E-state index >= 15 is 0 Å². The Hall–Kier alpha value is -3.12. The molecule has 0 aliphatic carbocycles. The van der Waals surface area contributed by atoms with Gasteiger partial charge in [-0.3, -0.25) is 19.5 Å². The third-order valence-corrected chi connectivity index (χ3v) is 6.09. The number of likely N-dealkylation sites (N-methyl/N-ethyl adjacent to an activating group) is 1. The molecule has 1 aromatic heterocycles. The number of hydrogen-bond donors (Lipinski definition) is 1. The van der Waals surface area contributed by atoms with E-state index in [2.05, 4.69) is 32.8 Å². The molecule has 0 fully saturated rings. The Morgan fingerprint density at radius 3 is 2.37 bits per heavy atom. The lowest BCUT2D eigenvalue weighted by Gasteiger charge is -2.26. The van der Waals surface area contributed by atoms with Gasteiger partial charge in [0.1, 0.15) is 5.56 Å². The number of benzene rings is 2. The number of H-pyrrole nitrogens is 1. The van der Waals surface area contributed by atoms with Crippen molar-refractivity contribution in [1.82, 2.24) is 14.7 Å². The standard InChI is InChI=1S/C28H34ClN3O3/c1-6-31(24(34)15-19(2)17-28(3,4)5)18-23(33)25-26(20-11-8-7-9-12-20)30-32(27(25)35)22-14-10-13-21(29)16-22/h7-14,16,19,30H,6,15,17-18H2,1-5H3. The van der Waals surface area contributed by atoms with Gasteiger partial charge in [-0.1, -0.05) is 75.7 Å². The Bertz CT molecular complexity index is 1240. The van der Waals surface area contributed by atoms with Crippen LogP contribution < -0.4 is 5.56 Å². The number of nitrogens with one attached hydrogen (secondary N) is 1. The molecule has 0 spiro atoms. The summed E-state index contributed by atoms with van der Waals surface area (Å²) in [5, 5.41) is 3.57. The molecule has 186 valence electrons. The van der Waals surface area contributed by atoms with Gasteiger partial charge in [0.05, 0.1) is 17.9 Å². The summed E-state index contributed by atoms with van der Waals surface area (Å²) in [4.78, 5) is 41.5. The third kappa shape index (κ3) is 6.73. The fourth-order valence-corrected chi connectivity index (χ4v) is 4.66. The second kappa shape index (κ2) is 11.1. The molecule has 1 atom stereocenters. The van der Waals surface area contributed by atoms with Gasteiger partial charge in [0.15, 0.2) is 5.78 Å². The van der Waals surface area contributed by atoms with Crippen LogP contribution in [0.25, 0.3) is 16.9 Å². The number of aromatic amines is 1. The maximum atomic E-state index is 13.5. The summed E-state index contributed by atoms with van der Waals surface area (Å²) in [7, 11) is 0. The van der Waals surface area contributed by atoms with Crippen molar-refractivity contribution in [3.05, 3.63) is 75.5 Å². The monoisotopic (exact) mass is 495 g/mol. The van der Waals surface area contributed by atoms with Crippen LogP contribution in [0.1, 0.15) is 57.8 Å². The molecule has 0 saturated heterocycles. The lowest BCUT2D eigenvalue weighted by Crippen LogP contribution is -2.38. The Morgan fingerprint density at radius 1 is 1.09 bits per heavy atom. The Balaban J connectivity index is 1.94. The van der Waals surface area contributed by atoms with Crippen molar-refractivity contribution in [1.29, 1.82) is 0 Å². The van der Waals surface area contributed by atoms with Gasteiger partial charge in [0.2, 0.25) is 5.91 Å². The quantitative estimate of drug-likeness (QED) is 0.371. The maximum Gasteiger partial charge on any atom is 0.282 e. The molecule has 6 nitrogen and oxygen atoms in total. The molecular formula is C28H34ClN3O3. The van der Waals surface area contributed by atoms with E-state index in [0.29, 0.717) is 34.9 Å². The summed E-state index contributed by atoms with van der Waals surface area (Å²) >= 11 is 6.14. The molecule has 0 aliphatic rings. The van der Waals surface area contributed by atoms with E-state index in [1.165, 1.54) is 9.58 Å². The van der Waals surface area contributed by atoms with E-state index in [-0.39, 0.29) is 29.3 Å².